The number of aliphatic hydroxyl groups excluding tert-OH is 1. The minimum atomic E-state index is -0.877. The van der Waals surface area contributed by atoms with Crippen molar-refractivity contribution in [2.75, 3.05) is 11.9 Å². The van der Waals surface area contributed by atoms with Gasteiger partial charge in [0.25, 0.3) is 0 Å². The molecule has 2 aromatic carbocycles. The highest BCUT2D eigenvalue weighted by Gasteiger charge is 2.12. The summed E-state index contributed by atoms with van der Waals surface area (Å²) in [6.07, 6.45) is -0.877. The molecule has 0 bridgehead atoms. The van der Waals surface area contributed by atoms with Crippen LogP contribution in [0.4, 0.5) is 14.5 Å². The second kappa shape index (κ2) is 5.99. The minimum Gasteiger partial charge on any atom is -0.387 e. The van der Waals surface area contributed by atoms with Crippen LogP contribution in [0.25, 0.3) is 0 Å². The van der Waals surface area contributed by atoms with E-state index in [1.807, 2.05) is 0 Å². The predicted molar refractivity (Wildman–Crippen MR) is 71.3 cm³/mol. The Morgan fingerprint density at radius 1 is 1.16 bits per heavy atom. The third kappa shape index (κ3) is 3.43. The number of nitrogens with one attached hydrogen (secondary N) is 1. The van der Waals surface area contributed by atoms with Crippen LogP contribution < -0.4 is 5.32 Å². The van der Waals surface area contributed by atoms with Crippen molar-refractivity contribution in [1.82, 2.24) is 0 Å². The van der Waals surface area contributed by atoms with E-state index in [0.717, 1.165) is 12.1 Å². The third-order valence-electron chi connectivity index (χ3n) is 2.68. The van der Waals surface area contributed by atoms with Gasteiger partial charge in [-0.3, -0.25) is 0 Å². The summed E-state index contributed by atoms with van der Waals surface area (Å²) in [6, 6.07) is 10.1. The lowest BCUT2D eigenvalue weighted by Crippen LogP contribution is -2.13. The molecule has 2 aromatic rings. The number of rotatable bonds is 4. The summed E-state index contributed by atoms with van der Waals surface area (Å²) < 4.78 is 26.1. The number of aliphatic hydroxyl groups is 1. The van der Waals surface area contributed by atoms with Crippen molar-refractivity contribution < 1.29 is 13.9 Å². The van der Waals surface area contributed by atoms with Gasteiger partial charge < -0.3 is 10.4 Å². The number of anilines is 1. The van der Waals surface area contributed by atoms with Crippen LogP contribution >= 0.6 is 11.6 Å². The summed E-state index contributed by atoms with van der Waals surface area (Å²) in [5.41, 5.74) is 0.687. The second-order valence-corrected chi connectivity index (χ2v) is 4.45. The highest BCUT2D eigenvalue weighted by Crippen LogP contribution is 2.23. The van der Waals surface area contributed by atoms with E-state index in [4.69, 9.17) is 11.6 Å². The maximum Gasteiger partial charge on any atom is 0.149 e. The molecule has 0 aliphatic heterocycles. The molecule has 0 saturated heterocycles. The zero-order valence-electron chi connectivity index (χ0n) is 9.91. The second-order valence-electron chi connectivity index (χ2n) is 4.04. The lowest BCUT2D eigenvalue weighted by atomic mass is 10.1. The van der Waals surface area contributed by atoms with Crippen molar-refractivity contribution in [3.63, 3.8) is 0 Å². The average Bonchev–Trinajstić information content (AvgIpc) is 2.38. The summed E-state index contributed by atoms with van der Waals surface area (Å²) >= 11 is 5.94. The molecule has 5 heteroatoms. The zero-order valence-corrected chi connectivity index (χ0v) is 10.7. The summed E-state index contributed by atoms with van der Waals surface area (Å²) in [5, 5.41) is 13.1. The Labute approximate surface area is 114 Å². The maximum absolute atomic E-state index is 13.4. The molecule has 2 nitrogen and oxygen atoms in total. The molecule has 2 N–H and O–H groups in total. The average molecular weight is 284 g/mol. The van der Waals surface area contributed by atoms with E-state index in [0.29, 0.717) is 10.6 Å². The van der Waals surface area contributed by atoms with E-state index < -0.39 is 17.7 Å². The van der Waals surface area contributed by atoms with Gasteiger partial charge in [0.05, 0.1) is 11.8 Å². The molecule has 0 aliphatic carbocycles. The van der Waals surface area contributed by atoms with E-state index in [9.17, 15) is 13.9 Å². The van der Waals surface area contributed by atoms with Crippen molar-refractivity contribution in [3.8, 4) is 0 Å². The van der Waals surface area contributed by atoms with Crippen molar-refractivity contribution in [2.24, 2.45) is 0 Å². The fraction of sp³-hybridized carbons (Fsp3) is 0.143. The van der Waals surface area contributed by atoms with Crippen LogP contribution in [0.1, 0.15) is 11.7 Å². The third-order valence-corrected chi connectivity index (χ3v) is 3.03. The highest BCUT2D eigenvalue weighted by atomic mass is 35.5. The van der Waals surface area contributed by atoms with Crippen molar-refractivity contribution >= 4 is 17.3 Å². The van der Waals surface area contributed by atoms with Gasteiger partial charge in [-0.25, -0.2) is 8.78 Å². The first-order chi connectivity index (χ1) is 9.08. The van der Waals surface area contributed by atoms with E-state index >= 15 is 0 Å². The van der Waals surface area contributed by atoms with Crippen LogP contribution in [0.2, 0.25) is 5.02 Å². The van der Waals surface area contributed by atoms with Gasteiger partial charge in [0.2, 0.25) is 0 Å². The fourth-order valence-corrected chi connectivity index (χ4v) is 1.96. The van der Waals surface area contributed by atoms with Gasteiger partial charge in [-0.2, -0.15) is 0 Å². The minimum absolute atomic E-state index is 0.0757. The predicted octanol–water partition coefficient (Wildman–Crippen LogP) is 3.76. The first kappa shape index (κ1) is 13.8. The SMILES string of the molecule is OC(CNc1ccc(F)cc1F)c1ccccc1Cl. The molecule has 2 rings (SSSR count). The fourth-order valence-electron chi connectivity index (χ4n) is 1.69. The van der Waals surface area contributed by atoms with E-state index in [1.165, 1.54) is 6.07 Å². The number of hydrogen-bond acceptors (Lipinski definition) is 2. The summed E-state index contributed by atoms with van der Waals surface area (Å²) in [6.45, 7) is 0.0757. The van der Waals surface area contributed by atoms with Crippen LogP contribution in [0, 0.1) is 11.6 Å². The van der Waals surface area contributed by atoms with E-state index in [1.54, 1.807) is 24.3 Å². The molecule has 19 heavy (non-hydrogen) atoms. The lowest BCUT2D eigenvalue weighted by molar-refractivity contribution is 0.191. The largest absolute Gasteiger partial charge is 0.387 e. The van der Waals surface area contributed by atoms with Crippen molar-refractivity contribution in [2.45, 2.75) is 6.10 Å². The number of hydrogen-bond donors (Lipinski definition) is 2. The Bertz CT molecular complexity index is 577. The summed E-state index contributed by atoms with van der Waals surface area (Å²) in [7, 11) is 0. The molecule has 0 radical (unpaired) electrons. The van der Waals surface area contributed by atoms with E-state index in [-0.39, 0.29) is 12.2 Å². The van der Waals surface area contributed by atoms with Gasteiger partial charge in [0, 0.05) is 23.2 Å². The van der Waals surface area contributed by atoms with Crippen LogP contribution in [-0.2, 0) is 0 Å². The van der Waals surface area contributed by atoms with Gasteiger partial charge in [-0.15, -0.1) is 0 Å². The van der Waals surface area contributed by atoms with Gasteiger partial charge in [-0.1, -0.05) is 29.8 Å². The quantitative estimate of drug-likeness (QED) is 0.895. The Morgan fingerprint density at radius 2 is 1.89 bits per heavy atom. The van der Waals surface area contributed by atoms with Crippen molar-refractivity contribution in [3.05, 3.63) is 64.7 Å². The number of benzene rings is 2. The molecule has 1 atom stereocenters. The van der Waals surface area contributed by atoms with E-state index in [2.05, 4.69) is 5.32 Å². The lowest BCUT2D eigenvalue weighted by Gasteiger charge is -2.14. The monoisotopic (exact) mass is 283 g/mol. The Balaban J connectivity index is 2.04. The zero-order chi connectivity index (χ0) is 13.8. The Morgan fingerprint density at radius 3 is 2.58 bits per heavy atom. The number of halogens is 3. The Kier molecular flexibility index (Phi) is 4.35. The summed E-state index contributed by atoms with van der Waals surface area (Å²) in [4.78, 5) is 0. The molecular formula is C14H12ClF2NO. The van der Waals surface area contributed by atoms with Crippen LogP contribution in [0.5, 0.6) is 0 Å². The highest BCUT2D eigenvalue weighted by molar-refractivity contribution is 6.31. The first-order valence-electron chi connectivity index (χ1n) is 5.69. The standard InChI is InChI=1S/C14H12ClF2NO/c15-11-4-2-1-3-10(11)14(19)8-18-13-6-5-9(16)7-12(13)17/h1-7,14,18-19H,8H2. The molecule has 1 unspecified atom stereocenters. The molecule has 0 amide bonds. The van der Waals surface area contributed by atoms with Gasteiger partial charge >= 0.3 is 0 Å². The molecular weight excluding hydrogens is 272 g/mol. The molecule has 0 aromatic heterocycles. The van der Waals surface area contributed by atoms with Gasteiger partial charge in [0.1, 0.15) is 11.6 Å². The van der Waals surface area contributed by atoms with Crippen LogP contribution in [0.3, 0.4) is 0 Å². The smallest absolute Gasteiger partial charge is 0.149 e. The molecule has 0 aliphatic rings. The van der Waals surface area contributed by atoms with Crippen LogP contribution in [-0.4, -0.2) is 11.7 Å². The first-order valence-corrected chi connectivity index (χ1v) is 6.07. The van der Waals surface area contributed by atoms with Gasteiger partial charge in [0.15, 0.2) is 0 Å². The van der Waals surface area contributed by atoms with Gasteiger partial charge in [-0.05, 0) is 18.2 Å². The van der Waals surface area contributed by atoms with Crippen LogP contribution in [0.15, 0.2) is 42.5 Å². The molecule has 0 fully saturated rings. The molecule has 100 valence electrons. The normalized spacial score (nSPS) is 12.2. The Hall–Kier alpha value is -1.65. The molecule has 0 spiro atoms. The topological polar surface area (TPSA) is 32.3 Å². The molecule has 0 saturated carbocycles. The summed E-state index contributed by atoms with van der Waals surface area (Å²) in [5.74, 6) is -1.35. The van der Waals surface area contributed by atoms with Crippen molar-refractivity contribution in [1.29, 1.82) is 0 Å². The maximum atomic E-state index is 13.4. The molecule has 0 heterocycles.